The molecule has 0 radical (unpaired) electrons. The lowest BCUT2D eigenvalue weighted by Crippen LogP contribution is -1.94. The Labute approximate surface area is 410 Å². The van der Waals surface area contributed by atoms with Gasteiger partial charge in [0.1, 0.15) is 11.2 Å². The fraction of sp³-hybridized carbons (Fsp3) is 0. The molecule has 0 saturated carbocycles. The number of rotatable bonds is 5. The summed E-state index contributed by atoms with van der Waals surface area (Å²) in [6.07, 6.45) is 0. The number of thiophene rings is 1. The van der Waals surface area contributed by atoms with Gasteiger partial charge in [0.15, 0.2) is 0 Å². The summed E-state index contributed by atoms with van der Waals surface area (Å²) in [6.45, 7) is 0. The van der Waals surface area contributed by atoms with Gasteiger partial charge in [0.25, 0.3) is 0 Å². The molecule has 0 amide bonds. The lowest BCUT2D eigenvalue weighted by molar-refractivity contribution is 0.669. The molecule has 0 atom stereocenters. The minimum atomic E-state index is 0.905. The fourth-order valence-corrected chi connectivity index (χ4v) is 13.1. The number of aromatic nitrogens is 3. The summed E-state index contributed by atoms with van der Waals surface area (Å²) in [5.41, 5.74) is 17.3. The minimum Gasteiger partial charge on any atom is -0.456 e. The Morgan fingerprint density at radius 2 is 0.775 bits per heavy atom. The summed E-state index contributed by atoms with van der Waals surface area (Å²) in [7, 11) is 0. The van der Waals surface area contributed by atoms with Crippen LogP contribution in [0.4, 0.5) is 0 Å². The first kappa shape index (κ1) is 38.8. The molecule has 0 bridgehead atoms. The van der Waals surface area contributed by atoms with Gasteiger partial charge < -0.3 is 18.1 Å². The average molecular weight is 922 g/mol. The van der Waals surface area contributed by atoms with Crippen LogP contribution >= 0.6 is 11.3 Å². The first-order chi connectivity index (χ1) is 35.2. The van der Waals surface area contributed by atoms with Crippen LogP contribution in [0, 0.1) is 0 Å². The monoisotopic (exact) mass is 921 g/mol. The van der Waals surface area contributed by atoms with Gasteiger partial charge in [-0.25, -0.2) is 0 Å². The van der Waals surface area contributed by atoms with Gasteiger partial charge in [-0.1, -0.05) is 127 Å². The molecule has 0 aliphatic heterocycles. The van der Waals surface area contributed by atoms with Crippen LogP contribution in [-0.2, 0) is 0 Å². The summed E-state index contributed by atoms with van der Waals surface area (Å²) in [6, 6.07) is 86.7. The molecule has 4 nitrogen and oxygen atoms in total. The summed E-state index contributed by atoms with van der Waals surface area (Å²) in [5.74, 6) is 0. The highest BCUT2D eigenvalue weighted by Crippen LogP contribution is 2.46. The molecule has 71 heavy (non-hydrogen) atoms. The minimum absolute atomic E-state index is 0.905. The molecule has 5 heteroatoms. The summed E-state index contributed by atoms with van der Waals surface area (Å²) < 4.78 is 16.1. The molecule has 0 N–H and O–H groups in total. The standard InChI is InChI=1S/C66H39N3OS/c1-2-14-44(15-3-1)67-56-21-8-4-17-47(56)52-36-41(25-30-59(52)67)42-26-31-60-53(37-42)48-18-5-9-22-57(48)68(60)45-16-12-13-40(35-45)43-27-34-64-55(38-43)50-29-32-61-65(66(50)71-64)51-20-6-10-23-58(51)69(61)46-28-33-63-54(39-46)49-19-7-11-24-62(49)70-63/h1-39H. The first-order valence-corrected chi connectivity index (χ1v) is 25.0. The molecule has 16 aromatic rings. The van der Waals surface area contributed by atoms with Crippen molar-refractivity contribution < 1.29 is 4.42 Å². The number of nitrogens with zero attached hydrogens (tertiary/aromatic N) is 3. The number of hydrogen-bond donors (Lipinski definition) is 0. The SMILES string of the molecule is c1ccc(-n2c3ccccc3c3cc(-c4ccc5c(c4)c4ccccc4n5-c4cccc(-c5ccc6sc7c(ccc8c7c7ccccc7n8-c7ccc8oc9ccccc9c8c7)c6c5)c4)ccc32)cc1. The summed E-state index contributed by atoms with van der Waals surface area (Å²) in [4.78, 5) is 0. The number of hydrogen-bond acceptors (Lipinski definition) is 2. The van der Waals surface area contributed by atoms with Crippen LogP contribution < -0.4 is 0 Å². The molecule has 0 aliphatic rings. The molecule has 0 aliphatic carbocycles. The predicted octanol–water partition coefficient (Wildman–Crippen LogP) is 18.6. The van der Waals surface area contributed by atoms with Crippen LogP contribution in [0.3, 0.4) is 0 Å². The van der Waals surface area contributed by atoms with Crippen molar-refractivity contribution in [3.63, 3.8) is 0 Å². The van der Waals surface area contributed by atoms with Gasteiger partial charge in [0.05, 0.1) is 33.1 Å². The first-order valence-electron chi connectivity index (χ1n) is 24.2. The Bertz CT molecular complexity index is 4890. The van der Waals surface area contributed by atoms with E-state index < -0.39 is 0 Å². The van der Waals surface area contributed by atoms with E-state index in [-0.39, 0.29) is 0 Å². The van der Waals surface area contributed by atoms with E-state index in [9.17, 15) is 0 Å². The quantitative estimate of drug-likeness (QED) is 0.169. The fourth-order valence-electron chi connectivity index (χ4n) is 11.9. The average Bonchev–Trinajstić information content (AvgIpc) is 4.24. The van der Waals surface area contributed by atoms with Crippen LogP contribution in [0.15, 0.2) is 241 Å². The van der Waals surface area contributed by atoms with Crippen LogP contribution in [0.1, 0.15) is 0 Å². The van der Waals surface area contributed by atoms with Gasteiger partial charge in [-0.15, -0.1) is 11.3 Å². The van der Waals surface area contributed by atoms with Crippen molar-refractivity contribution in [1.82, 2.24) is 13.7 Å². The molecule has 0 spiro atoms. The molecule has 330 valence electrons. The predicted molar refractivity (Wildman–Crippen MR) is 300 cm³/mol. The second-order valence-corrected chi connectivity index (χ2v) is 19.9. The third kappa shape index (κ3) is 5.61. The van der Waals surface area contributed by atoms with Crippen molar-refractivity contribution in [3.8, 4) is 39.3 Å². The van der Waals surface area contributed by atoms with Gasteiger partial charge in [-0.3, -0.25) is 0 Å². The number of benzene rings is 11. The molecule has 0 unspecified atom stereocenters. The van der Waals surface area contributed by atoms with E-state index in [1.54, 1.807) is 0 Å². The summed E-state index contributed by atoms with van der Waals surface area (Å²) >= 11 is 1.89. The molecule has 5 heterocycles. The van der Waals surface area contributed by atoms with E-state index in [0.717, 1.165) is 33.3 Å². The van der Waals surface area contributed by atoms with Crippen molar-refractivity contribution in [1.29, 1.82) is 0 Å². The van der Waals surface area contributed by atoms with Gasteiger partial charge >= 0.3 is 0 Å². The zero-order valence-electron chi connectivity index (χ0n) is 38.2. The second kappa shape index (κ2) is 14.7. The molecule has 5 aromatic heterocycles. The van der Waals surface area contributed by atoms with Crippen molar-refractivity contribution in [3.05, 3.63) is 237 Å². The normalized spacial score (nSPS) is 12.2. The lowest BCUT2D eigenvalue weighted by Gasteiger charge is -2.11. The van der Waals surface area contributed by atoms with Gasteiger partial charge in [0, 0.05) is 80.3 Å². The highest BCUT2D eigenvalue weighted by molar-refractivity contribution is 7.26. The molecular formula is C66H39N3OS. The summed E-state index contributed by atoms with van der Waals surface area (Å²) in [5, 5.41) is 12.4. The van der Waals surface area contributed by atoms with E-state index in [2.05, 4.69) is 238 Å². The third-order valence-corrected chi connectivity index (χ3v) is 16.2. The highest BCUT2D eigenvalue weighted by Gasteiger charge is 2.20. The van der Waals surface area contributed by atoms with Gasteiger partial charge in [-0.05, 0) is 131 Å². The number of fused-ring (bicyclic) bond motifs is 16. The molecule has 16 rings (SSSR count). The molecule has 0 saturated heterocycles. The topological polar surface area (TPSA) is 27.9 Å². The van der Waals surface area contributed by atoms with Gasteiger partial charge in [-0.2, -0.15) is 0 Å². The largest absolute Gasteiger partial charge is 0.456 e. The third-order valence-electron chi connectivity index (χ3n) is 15.0. The maximum absolute atomic E-state index is 6.23. The second-order valence-electron chi connectivity index (χ2n) is 18.8. The van der Waals surface area contributed by atoms with Crippen LogP contribution in [-0.4, -0.2) is 13.7 Å². The van der Waals surface area contributed by atoms with Crippen LogP contribution in [0.25, 0.3) is 147 Å². The Hall–Kier alpha value is -9.16. The van der Waals surface area contributed by atoms with Crippen molar-refractivity contribution in [2.75, 3.05) is 0 Å². The molecule has 0 fully saturated rings. The van der Waals surface area contributed by atoms with E-state index in [0.29, 0.717) is 0 Å². The zero-order valence-corrected chi connectivity index (χ0v) is 39.0. The van der Waals surface area contributed by atoms with Crippen LogP contribution in [0.2, 0.25) is 0 Å². The van der Waals surface area contributed by atoms with E-state index >= 15 is 0 Å². The Morgan fingerprint density at radius 3 is 1.51 bits per heavy atom. The van der Waals surface area contributed by atoms with Crippen molar-refractivity contribution in [2.45, 2.75) is 0 Å². The van der Waals surface area contributed by atoms with E-state index in [1.165, 1.54) is 114 Å². The van der Waals surface area contributed by atoms with E-state index in [1.807, 2.05) is 23.5 Å². The Kier molecular flexibility index (Phi) is 8.01. The Morgan fingerprint density at radius 1 is 0.268 bits per heavy atom. The maximum Gasteiger partial charge on any atom is 0.135 e. The van der Waals surface area contributed by atoms with E-state index in [4.69, 9.17) is 4.42 Å². The molecular weight excluding hydrogens is 883 g/mol. The number of furan rings is 1. The Balaban J connectivity index is 0.804. The van der Waals surface area contributed by atoms with Crippen molar-refractivity contribution in [2.24, 2.45) is 0 Å². The smallest absolute Gasteiger partial charge is 0.135 e. The van der Waals surface area contributed by atoms with Crippen LogP contribution in [0.5, 0.6) is 0 Å². The maximum atomic E-state index is 6.23. The lowest BCUT2D eigenvalue weighted by atomic mass is 10.0. The zero-order chi connectivity index (χ0) is 46.3. The van der Waals surface area contributed by atoms with Crippen molar-refractivity contribution >= 4 is 119 Å². The molecule has 11 aromatic carbocycles. The highest BCUT2D eigenvalue weighted by atomic mass is 32.1. The van der Waals surface area contributed by atoms with Gasteiger partial charge in [0.2, 0.25) is 0 Å². The number of para-hydroxylation sites is 5.